The van der Waals surface area contributed by atoms with E-state index in [2.05, 4.69) is 39.3 Å². The highest BCUT2D eigenvalue weighted by molar-refractivity contribution is 7.89. The minimum atomic E-state index is -3.57. The first-order chi connectivity index (χ1) is 12.2. The molecule has 0 spiro atoms. The lowest BCUT2D eigenvalue weighted by molar-refractivity contribution is -0.111. The Kier molecular flexibility index (Phi) is 4.82. The summed E-state index contributed by atoms with van der Waals surface area (Å²) in [7, 11) is -7.33. The fourth-order valence-electron chi connectivity index (χ4n) is 4.07. The molecule has 1 aromatic rings. The van der Waals surface area contributed by atoms with Crippen molar-refractivity contribution >= 4 is 32.0 Å². The molecule has 146 valence electrons. The molecule has 1 fully saturated rings. The van der Waals surface area contributed by atoms with E-state index >= 15 is 0 Å². The number of Topliss-reactive ketones (excluding diaryl/α,β-unsaturated/α-hetero) is 1. The van der Waals surface area contributed by atoms with Gasteiger partial charge in [-0.1, -0.05) is 57.0 Å². The van der Waals surface area contributed by atoms with E-state index in [1.807, 2.05) is 19.1 Å². The lowest BCUT2D eigenvalue weighted by Gasteiger charge is -2.24. The molecule has 1 aliphatic heterocycles. The van der Waals surface area contributed by atoms with Crippen molar-refractivity contribution in [3.8, 4) is 0 Å². The Morgan fingerprint density at radius 1 is 0.815 bits per heavy atom. The number of aryl methyl sites for hydroxylation is 1. The van der Waals surface area contributed by atoms with Crippen molar-refractivity contribution in [2.24, 2.45) is 0 Å². The number of ketones is 1. The van der Waals surface area contributed by atoms with Gasteiger partial charge in [-0.3, -0.25) is 4.79 Å². The zero-order chi connectivity index (χ0) is 20.4. The summed E-state index contributed by atoms with van der Waals surface area (Å²) in [6, 6.07) is 7.00. The first-order valence-corrected chi connectivity index (χ1v) is 17.8. The third-order valence-electron chi connectivity index (χ3n) is 5.25. The molecule has 7 heteroatoms. The quantitative estimate of drug-likeness (QED) is 0.695. The Morgan fingerprint density at radius 3 is 1.59 bits per heavy atom. The average Bonchev–Trinajstić information content (AvgIpc) is 3.01. The topological polar surface area (TPSA) is 54.5 Å². The van der Waals surface area contributed by atoms with Crippen LogP contribution in [0.1, 0.15) is 5.56 Å². The van der Waals surface area contributed by atoms with Crippen LogP contribution in [0.5, 0.6) is 0 Å². The molecule has 3 rings (SSSR count). The average molecular weight is 420 g/mol. The van der Waals surface area contributed by atoms with Gasteiger partial charge in [0.2, 0.25) is 10.0 Å². The van der Waals surface area contributed by atoms with Gasteiger partial charge in [0.15, 0.2) is 5.78 Å². The van der Waals surface area contributed by atoms with Gasteiger partial charge in [0.1, 0.15) is 0 Å². The van der Waals surface area contributed by atoms with Gasteiger partial charge in [-0.2, -0.15) is 4.31 Å². The summed E-state index contributed by atoms with van der Waals surface area (Å²) in [4.78, 5) is 13.6. The predicted octanol–water partition coefficient (Wildman–Crippen LogP) is 3.93. The smallest absolute Gasteiger partial charge is 0.243 e. The van der Waals surface area contributed by atoms with Gasteiger partial charge >= 0.3 is 0 Å². The largest absolute Gasteiger partial charge is 0.290 e. The maximum absolute atomic E-state index is 13.3. The molecule has 0 aromatic heterocycles. The molecular weight excluding hydrogens is 390 g/mol. The Hall–Kier alpha value is -1.29. The number of benzene rings is 1. The Labute approximate surface area is 165 Å². The van der Waals surface area contributed by atoms with E-state index in [0.29, 0.717) is 18.0 Å². The summed E-state index contributed by atoms with van der Waals surface area (Å²) in [6.45, 7) is 15.6. The number of rotatable bonds is 4. The highest BCUT2D eigenvalue weighted by atomic mass is 32.2. The number of hydrogen-bond acceptors (Lipinski definition) is 3. The van der Waals surface area contributed by atoms with Crippen LogP contribution in [0.2, 0.25) is 39.3 Å². The molecule has 1 aliphatic carbocycles. The molecule has 0 bridgehead atoms. The van der Waals surface area contributed by atoms with Crippen molar-refractivity contribution in [3.05, 3.63) is 51.4 Å². The maximum Gasteiger partial charge on any atom is 0.243 e. The van der Waals surface area contributed by atoms with Crippen LogP contribution < -0.4 is 0 Å². The van der Waals surface area contributed by atoms with E-state index in [9.17, 15) is 13.2 Å². The highest BCUT2D eigenvalue weighted by Gasteiger charge is 2.47. The highest BCUT2D eigenvalue weighted by Crippen LogP contribution is 2.43. The minimum Gasteiger partial charge on any atom is -0.290 e. The summed E-state index contributed by atoms with van der Waals surface area (Å²) < 4.78 is 27.9. The normalized spacial score (nSPS) is 19.3. The van der Waals surface area contributed by atoms with Gasteiger partial charge in [0, 0.05) is 13.1 Å². The second-order valence-electron chi connectivity index (χ2n) is 9.62. The molecule has 0 amide bonds. The Bertz CT molecular complexity index is 934. The number of carbonyl (C=O) groups excluding carboxylic acids is 1. The molecule has 1 saturated heterocycles. The van der Waals surface area contributed by atoms with Gasteiger partial charge < -0.3 is 0 Å². The minimum absolute atomic E-state index is 0.214. The van der Waals surface area contributed by atoms with Crippen LogP contribution in [-0.2, 0) is 14.8 Å². The molecule has 0 saturated carbocycles. The van der Waals surface area contributed by atoms with Gasteiger partial charge in [-0.15, -0.1) is 0 Å². The molecule has 4 nitrogen and oxygen atoms in total. The third-order valence-corrected chi connectivity index (χ3v) is 11.1. The van der Waals surface area contributed by atoms with Crippen LogP contribution in [0.3, 0.4) is 0 Å². The lowest BCUT2D eigenvalue weighted by Crippen LogP contribution is -2.37. The Balaban J connectivity index is 2.11. The van der Waals surface area contributed by atoms with Crippen LogP contribution >= 0.6 is 0 Å². The van der Waals surface area contributed by atoms with Gasteiger partial charge in [-0.25, -0.2) is 8.42 Å². The molecule has 2 aliphatic rings. The summed E-state index contributed by atoms with van der Waals surface area (Å²) in [5.74, 6) is 0.214. The summed E-state index contributed by atoms with van der Waals surface area (Å²) in [5.41, 5.74) is 3.05. The van der Waals surface area contributed by atoms with E-state index in [1.54, 1.807) is 16.4 Å². The number of nitrogens with zero attached hydrogens (tertiary/aromatic N) is 1. The number of hydrogen-bond donors (Lipinski definition) is 0. The summed E-state index contributed by atoms with van der Waals surface area (Å²) >= 11 is 0. The number of carbonyl (C=O) groups is 1. The molecule has 0 N–H and O–H groups in total. The van der Waals surface area contributed by atoms with Crippen LogP contribution in [-0.4, -0.2) is 47.7 Å². The van der Waals surface area contributed by atoms with Crippen LogP contribution in [0.25, 0.3) is 0 Å². The standard InChI is InChI=1S/C20H29NO3SSi2/c1-14-8-10-15(11-9-14)25(23,24)21-12-16-17(13-21)20(27(5,6)7)18(22)19(16)26(2,3)4/h8-11H,12-13H2,1-7H3. The Morgan fingerprint density at radius 2 is 1.22 bits per heavy atom. The molecule has 1 heterocycles. The second kappa shape index (κ2) is 6.37. The van der Waals surface area contributed by atoms with Crippen LogP contribution in [0.15, 0.2) is 50.7 Å². The predicted molar refractivity (Wildman–Crippen MR) is 116 cm³/mol. The monoisotopic (exact) mass is 419 g/mol. The van der Waals surface area contributed by atoms with Crippen LogP contribution in [0.4, 0.5) is 0 Å². The van der Waals surface area contributed by atoms with Crippen molar-refractivity contribution in [1.29, 1.82) is 0 Å². The molecule has 1 aromatic carbocycles. The zero-order valence-corrected chi connectivity index (χ0v) is 20.1. The number of allylic oxidation sites excluding steroid dienone is 2. The lowest BCUT2D eigenvalue weighted by atomic mass is 10.2. The van der Waals surface area contributed by atoms with Gasteiger partial charge in [0.05, 0.1) is 21.0 Å². The summed E-state index contributed by atoms with van der Waals surface area (Å²) in [6.07, 6.45) is 0. The molecule has 0 atom stereocenters. The van der Waals surface area contributed by atoms with Crippen molar-refractivity contribution in [2.45, 2.75) is 51.1 Å². The summed E-state index contributed by atoms with van der Waals surface area (Å²) in [5, 5.41) is 1.88. The van der Waals surface area contributed by atoms with Crippen molar-refractivity contribution in [2.75, 3.05) is 13.1 Å². The first-order valence-electron chi connectivity index (χ1n) is 9.34. The van der Waals surface area contributed by atoms with E-state index in [0.717, 1.165) is 27.1 Å². The van der Waals surface area contributed by atoms with Crippen molar-refractivity contribution in [1.82, 2.24) is 4.31 Å². The first kappa shape index (κ1) is 20.4. The number of sulfonamides is 1. The van der Waals surface area contributed by atoms with Gasteiger partial charge in [0.25, 0.3) is 0 Å². The van der Waals surface area contributed by atoms with Crippen molar-refractivity contribution < 1.29 is 13.2 Å². The molecule has 27 heavy (non-hydrogen) atoms. The van der Waals surface area contributed by atoms with E-state index < -0.39 is 26.2 Å². The van der Waals surface area contributed by atoms with E-state index in [1.165, 1.54) is 0 Å². The fraction of sp³-hybridized carbons (Fsp3) is 0.450. The third kappa shape index (κ3) is 3.46. The van der Waals surface area contributed by atoms with Crippen molar-refractivity contribution in [3.63, 3.8) is 0 Å². The second-order valence-corrected chi connectivity index (χ2v) is 21.6. The number of fused-ring (bicyclic) bond motifs is 1. The maximum atomic E-state index is 13.3. The zero-order valence-electron chi connectivity index (χ0n) is 17.3. The molecule has 0 unspecified atom stereocenters. The molecular formula is C20H29NO3SSi2. The molecule has 0 radical (unpaired) electrons. The SMILES string of the molecule is Cc1ccc(S(=O)(=O)N2CC3=C([Si](C)(C)C)C(=O)C([Si](C)(C)C)=C3C2)cc1. The van der Waals surface area contributed by atoms with Gasteiger partial charge in [-0.05, 0) is 40.6 Å². The fourth-order valence-corrected chi connectivity index (χ4v) is 9.46. The van der Waals surface area contributed by atoms with E-state index in [4.69, 9.17) is 0 Å². The van der Waals surface area contributed by atoms with Crippen LogP contribution in [0, 0.1) is 6.92 Å². The van der Waals surface area contributed by atoms with E-state index in [-0.39, 0.29) is 5.78 Å².